The fourth-order valence-electron chi connectivity index (χ4n) is 3.99. The molecule has 0 radical (unpaired) electrons. The van der Waals surface area contributed by atoms with Crippen molar-refractivity contribution in [2.75, 3.05) is 0 Å². The number of aromatic nitrogens is 8. The zero-order chi connectivity index (χ0) is 23.5. The SMILES string of the molecule is CCCCc1nc2ncc(C)nc2c(=O)n1Cc1ccc(-c2ccccc2-c2nn[nH]n2)cc1. The molecular weight excluding hydrogens is 428 g/mol. The molecule has 0 bridgehead atoms. The van der Waals surface area contributed by atoms with Crippen molar-refractivity contribution in [3.63, 3.8) is 0 Å². The Bertz CT molecular complexity index is 1490. The minimum absolute atomic E-state index is 0.154. The molecule has 3 aromatic heterocycles. The maximum Gasteiger partial charge on any atom is 0.282 e. The van der Waals surface area contributed by atoms with Gasteiger partial charge in [0.1, 0.15) is 5.82 Å². The van der Waals surface area contributed by atoms with Crippen molar-refractivity contribution in [3.8, 4) is 22.5 Å². The summed E-state index contributed by atoms with van der Waals surface area (Å²) < 4.78 is 1.73. The highest BCUT2D eigenvalue weighted by Crippen LogP contribution is 2.29. The van der Waals surface area contributed by atoms with E-state index >= 15 is 0 Å². The van der Waals surface area contributed by atoms with Gasteiger partial charge in [-0.05, 0) is 35.2 Å². The average molecular weight is 453 g/mol. The molecule has 0 unspecified atom stereocenters. The predicted molar refractivity (Wildman–Crippen MR) is 129 cm³/mol. The Morgan fingerprint density at radius 1 is 1.00 bits per heavy atom. The Balaban J connectivity index is 1.51. The topological polar surface area (TPSA) is 115 Å². The quantitative estimate of drug-likeness (QED) is 0.400. The molecule has 5 aromatic rings. The number of fused-ring (bicyclic) bond motifs is 1. The first-order valence-corrected chi connectivity index (χ1v) is 11.3. The van der Waals surface area contributed by atoms with Crippen molar-refractivity contribution >= 4 is 11.2 Å². The van der Waals surface area contributed by atoms with Crippen LogP contribution in [0.25, 0.3) is 33.7 Å². The Labute approximate surface area is 195 Å². The zero-order valence-corrected chi connectivity index (χ0v) is 19.1. The third kappa shape index (κ3) is 4.19. The molecule has 0 aliphatic rings. The van der Waals surface area contributed by atoms with E-state index in [1.807, 2.05) is 55.5 Å². The number of nitrogens with one attached hydrogen (secondary N) is 1. The number of hydrogen-bond acceptors (Lipinski definition) is 7. The number of aromatic amines is 1. The van der Waals surface area contributed by atoms with Crippen LogP contribution in [0.5, 0.6) is 0 Å². The smallest absolute Gasteiger partial charge is 0.282 e. The van der Waals surface area contributed by atoms with Gasteiger partial charge in [-0.1, -0.05) is 61.9 Å². The molecular formula is C25H24N8O. The molecule has 0 atom stereocenters. The summed E-state index contributed by atoms with van der Waals surface area (Å²) in [6.07, 6.45) is 4.33. The monoisotopic (exact) mass is 452 g/mol. The van der Waals surface area contributed by atoms with Crippen molar-refractivity contribution < 1.29 is 0 Å². The van der Waals surface area contributed by atoms with E-state index in [2.05, 4.69) is 42.5 Å². The van der Waals surface area contributed by atoms with Gasteiger partial charge >= 0.3 is 0 Å². The first kappa shape index (κ1) is 21.6. The lowest BCUT2D eigenvalue weighted by molar-refractivity contribution is 0.643. The number of aryl methyl sites for hydroxylation is 2. The van der Waals surface area contributed by atoms with E-state index in [0.29, 0.717) is 35.6 Å². The minimum Gasteiger partial charge on any atom is -0.290 e. The molecule has 3 heterocycles. The van der Waals surface area contributed by atoms with Crippen molar-refractivity contribution in [3.05, 3.63) is 82.2 Å². The van der Waals surface area contributed by atoms with E-state index in [1.165, 1.54) is 0 Å². The van der Waals surface area contributed by atoms with Gasteiger partial charge in [0.25, 0.3) is 5.56 Å². The number of rotatable bonds is 7. The van der Waals surface area contributed by atoms with Gasteiger partial charge in [-0.3, -0.25) is 9.36 Å². The lowest BCUT2D eigenvalue weighted by Crippen LogP contribution is -2.27. The summed E-state index contributed by atoms with van der Waals surface area (Å²) in [5.74, 6) is 1.29. The van der Waals surface area contributed by atoms with Gasteiger partial charge in [-0.2, -0.15) is 5.21 Å². The maximum absolute atomic E-state index is 13.3. The van der Waals surface area contributed by atoms with Crippen LogP contribution in [0.2, 0.25) is 0 Å². The number of benzene rings is 2. The lowest BCUT2D eigenvalue weighted by atomic mass is 9.98. The summed E-state index contributed by atoms with van der Waals surface area (Å²) in [6.45, 7) is 4.37. The van der Waals surface area contributed by atoms with Crippen LogP contribution in [0.3, 0.4) is 0 Å². The Hall–Kier alpha value is -4.27. The molecule has 0 aliphatic heterocycles. The molecule has 1 N–H and O–H groups in total. The van der Waals surface area contributed by atoms with E-state index < -0.39 is 0 Å². The van der Waals surface area contributed by atoms with E-state index in [0.717, 1.165) is 40.9 Å². The van der Waals surface area contributed by atoms with Gasteiger partial charge in [0.15, 0.2) is 11.2 Å². The van der Waals surface area contributed by atoms with Crippen molar-refractivity contribution in [2.24, 2.45) is 0 Å². The summed E-state index contributed by atoms with van der Waals surface area (Å²) in [6, 6.07) is 16.1. The lowest BCUT2D eigenvalue weighted by Gasteiger charge is -2.14. The van der Waals surface area contributed by atoms with Gasteiger partial charge in [-0.25, -0.2) is 15.0 Å². The number of hydrogen-bond donors (Lipinski definition) is 1. The maximum atomic E-state index is 13.3. The van der Waals surface area contributed by atoms with Gasteiger partial charge < -0.3 is 0 Å². The van der Waals surface area contributed by atoms with Gasteiger partial charge in [0, 0.05) is 12.0 Å². The van der Waals surface area contributed by atoms with Crippen LogP contribution >= 0.6 is 0 Å². The van der Waals surface area contributed by atoms with Crippen LogP contribution in [0.4, 0.5) is 0 Å². The van der Waals surface area contributed by atoms with Crippen molar-refractivity contribution in [1.82, 2.24) is 40.1 Å². The van der Waals surface area contributed by atoms with Crippen LogP contribution in [-0.2, 0) is 13.0 Å². The molecule has 0 fully saturated rings. The molecule has 0 aliphatic carbocycles. The van der Waals surface area contributed by atoms with Crippen LogP contribution in [0, 0.1) is 6.92 Å². The summed E-state index contributed by atoms with van der Waals surface area (Å²) in [4.78, 5) is 26.8. The highest BCUT2D eigenvalue weighted by molar-refractivity contribution is 5.80. The van der Waals surface area contributed by atoms with E-state index in [1.54, 1.807) is 10.8 Å². The van der Waals surface area contributed by atoms with Gasteiger partial charge in [0.05, 0.1) is 18.4 Å². The fraction of sp³-hybridized carbons (Fsp3) is 0.240. The molecule has 9 nitrogen and oxygen atoms in total. The molecule has 34 heavy (non-hydrogen) atoms. The third-order valence-corrected chi connectivity index (χ3v) is 5.74. The number of unbranched alkanes of at least 4 members (excludes halogenated alkanes) is 1. The van der Waals surface area contributed by atoms with E-state index in [9.17, 15) is 4.79 Å². The summed E-state index contributed by atoms with van der Waals surface area (Å²) >= 11 is 0. The van der Waals surface area contributed by atoms with Gasteiger partial charge in [-0.15, -0.1) is 10.2 Å². The highest BCUT2D eigenvalue weighted by Gasteiger charge is 2.15. The Kier molecular flexibility index (Phi) is 5.90. The molecule has 9 heteroatoms. The van der Waals surface area contributed by atoms with Crippen LogP contribution in [-0.4, -0.2) is 40.1 Å². The summed E-state index contributed by atoms with van der Waals surface area (Å²) in [5, 5.41) is 14.4. The standard InChI is InChI=1S/C25H24N8O/c1-3-4-9-21-28-24-22(27-16(2)14-26-24)25(34)33(21)15-17-10-12-18(13-11-17)19-7-5-6-8-20(19)23-29-31-32-30-23/h5-8,10-14H,3-4,9,15H2,1-2H3,(H,29,30,31,32). The molecule has 5 rings (SSSR count). The van der Waals surface area contributed by atoms with Gasteiger partial charge in [0.2, 0.25) is 5.82 Å². The molecule has 0 saturated carbocycles. The van der Waals surface area contributed by atoms with Crippen LogP contribution in [0.1, 0.15) is 36.8 Å². The molecule has 170 valence electrons. The van der Waals surface area contributed by atoms with Crippen molar-refractivity contribution in [1.29, 1.82) is 0 Å². The first-order chi connectivity index (χ1) is 16.6. The predicted octanol–water partition coefficient (Wildman–Crippen LogP) is 3.73. The normalized spacial score (nSPS) is 11.2. The summed E-state index contributed by atoms with van der Waals surface area (Å²) in [7, 11) is 0. The van der Waals surface area contributed by atoms with Crippen molar-refractivity contribution in [2.45, 2.75) is 39.7 Å². The van der Waals surface area contributed by atoms with Crippen LogP contribution in [0.15, 0.2) is 59.5 Å². The molecule has 0 amide bonds. The molecule has 0 saturated heterocycles. The molecule has 0 spiro atoms. The number of tetrazole rings is 1. The molecule has 2 aromatic carbocycles. The summed E-state index contributed by atoms with van der Waals surface area (Å²) in [5.41, 5.74) is 5.20. The second-order valence-corrected chi connectivity index (χ2v) is 8.18. The second kappa shape index (κ2) is 9.30. The van der Waals surface area contributed by atoms with E-state index in [-0.39, 0.29) is 5.56 Å². The zero-order valence-electron chi connectivity index (χ0n) is 19.1. The first-order valence-electron chi connectivity index (χ1n) is 11.3. The van der Waals surface area contributed by atoms with E-state index in [4.69, 9.17) is 0 Å². The Morgan fingerprint density at radius 3 is 2.53 bits per heavy atom. The second-order valence-electron chi connectivity index (χ2n) is 8.18. The third-order valence-electron chi connectivity index (χ3n) is 5.74. The minimum atomic E-state index is -0.154. The number of H-pyrrole nitrogens is 1. The van der Waals surface area contributed by atoms with Crippen LogP contribution < -0.4 is 5.56 Å². The largest absolute Gasteiger partial charge is 0.290 e. The number of nitrogens with zero attached hydrogens (tertiary/aromatic N) is 7. The highest BCUT2D eigenvalue weighted by atomic mass is 16.1. The fourth-order valence-corrected chi connectivity index (χ4v) is 3.99. The average Bonchev–Trinajstić information content (AvgIpc) is 3.40. The Morgan fingerprint density at radius 2 is 1.79 bits per heavy atom.